The van der Waals surface area contributed by atoms with Crippen molar-refractivity contribution in [2.45, 2.75) is 26.2 Å². The van der Waals surface area contributed by atoms with Gasteiger partial charge in [0, 0.05) is 26.2 Å². The Morgan fingerprint density at radius 2 is 1.54 bits per heavy atom. The number of anilines is 2. The number of likely N-dealkylation sites (N-methyl/N-ethyl adjacent to an activating group) is 1. The molecule has 1 N–H and O–H groups in total. The predicted molar refractivity (Wildman–Crippen MR) is 195 cm³/mol. The Labute approximate surface area is 309 Å². The van der Waals surface area contributed by atoms with Gasteiger partial charge in [0.2, 0.25) is 5.22 Å². The van der Waals surface area contributed by atoms with E-state index in [-0.39, 0.29) is 52.6 Å². The SMILES string of the molecule is COc1ccc(CN(Cc2ccc(OC)cc2)c2cc(C)c(C(F)(F)F)c(-c3c(F)c4c5c(c3Cl)NCN=C5N(CCN(C)C)C=C(Cl)O4)n2)cc1. The second-order valence-electron chi connectivity index (χ2n) is 12.5. The summed E-state index contributed by atoms with van der Waals surface area (Å²) >= 11 is 13.4. The standard InChI is InChI=1S/C37H36Cl2F4N6O3/c1-21-16-27(49(17-22-6-10-24(50-4)11-7-22)18-23-8-12-25(51-5)13-9-23)46-33(30(21)37(41,42)43)28-31(39)34-29-35(32(28)40)52-26(38)19-48(15-14-47(2)3)36(29)45-20-44-34/h6-13,16,19,44H,14-15,17-18,20H2,1-5H3. The van der Waals surface area contributed by atoms with Crippen molar-refractivity contribution in [1.82, 2.24) is 14.8 Å². The molecule has 0 saturated heterocycles. The highest BCUT2D eigenvalue weighted by molar-refractivity contribution is 6.37. The molecule has 3 aromatic carbocycles. The molecule has 6 rings (SSSR count). The lowest BCUT2D eigenvalue weighted by Gasteiger charge is -2.29. The number of hydrogen-bond acceptors (Lipinski definition) is 9. The molecule has 0 saturated carbocycles. The first-order valence-corrected chi connectivity index (χ1v) is 16.9. The Kier molecular flexibility index (Phi) is 10.8. The minimum atomic E-state index is -4.93. The molecular formula is C37H36Cl2F4N6O3. The summed E-state index contributed by atoms with van der Waals surface area (Å²) in [5.74, 6) is 0.192. The first-order chi connectivity index (χ1) is 24.8. The number of methoxy groups -OCH3 is 2. The van der Waals surface area contributed by atoms with Gasteiger partial charge in [0.15, 0.2) is 11.6 Å². The van der Waals surface area contributed by atoms with E-state index in [2.05, 4.69) is 15.3 Å². The number of amidine groups is 1. The third-order valence-electron chi connectivity index (χ3n) is 8.67. The number of pyridine rings is 1. The molecule has 3 heterocycles. The fraction of sp³-hybridized carbons (Fsp3) is 0.297. The number of rotatable bonds is 11. The van der Waals surface area contributed by atoms with Crippen LogP contribution in [-0.2, 0) is 19.3 Å². The van der Waals surface area contributed by atoms with Crippen LogP contribution >= 0.6 is 23.2 Å². The van der Waals surface area contributed by atoms with E-state index in [1.54, 1.807) is 48.3 Å². The van der Waals surface area contributed by atoms with Crippen LogP contribution in [0.15, 0.2) is 71.0 Å². The number of aromatic nitrogens is 1. The lowest BCUT2D eigenvalue weighted by Crippen LogP contribution is -2.35. The van der Waals surface area contributed by atoms with Gasteiger partial charge in [-0.25, -0.2) is 14.4 Å². The Morgan fingerprint density at radius 3 is 2.08 bits per heavy atom. The van der Waals surface area contributed by atoms with Gasteiger partial charge < -0.3 is 34.2 Å². The summed E-state index contributed by atoms with van der Waals surface area (Å²) in [4.78, 5) is 14.6. The third kappa shape index (κ3) is 7.57. The highest BCUT2D eigenvalue weighted by atomic mass is 35.5. The second kappa shape index (κ2) is 15.1. The van der Waals surface area contributed by atoms with Crippen LogP contribution in [-0.4, -0.2) is 68.7 Å². The van der Waals surface area contributed by atoms with Crippen LogP contribution < -0.4 is 24.4 Å². The summed E-state index contributed by atoms with van der Waals surface area (Å²) < 4.78 is 78.4. The Hall–Kier alpha value is -4.72. The number of ether oxygens (including phenoxy) is 3. The number of alkyl halides is 3. The minimum Gasteiger partial charge on any atom is -0.497 e. The predicted octanol–water partition coefficient (Wildman–Crippen LogP) is 8.52. The van der Waals surface area contributed by atoms with Crippen molar-refractivity contribution < 1.29 is 31.8 Å². The Bertz CT molecular complexity index is 1970. The average molecular weight is 760 g/mol. The normalized spacial score (nSPS) is 13.8. The minimum absolute atomic E-state index is 0.0204. The van der Waals surface area contributed by atoms with Gasteiger partial charge in [0.25, 0.3) is 0 Å². The zero-order valence-corrected chi connectivity index (χ0v) is 30.5. The maximum Gasteiger partial charge on any atom is 0.418 e. The van der Waals surface area contributed by atoms with Gasteiger partial charge in [-0.05, 0) is 79.6 Å². The molecule has 2 aliphatic rings. The van der Waals surface area contributed by atoms with E-state index in [4.69, 9.17) is 37.4 Å². The zero-order valence-electron chi connectivity index (χ0n) is 29.0. The van der Waals surface area contributed by atoms with E-state index in [9.17, 15) is 0 Å². The molecule has 0 bridgehead atoms. The van der Waals surface area contributed by atoms with E-state index in [1.165, 1.54) is 19.2 Å². The molecule has 0 radical (unpaired) electrons. The first-order valence-electron chi connectivity index (χ1n) is 16.2. The van der Waals surface area contributed by atoms with Gasteiger partial charge >= 0.3 is 6.18 Å². The van der Waals surface area contributed by atoms with E-state index in [0.29, 0.717) is 30.4 Å². The van der Waals surface area contributed by atoms with E-state index in [0.717, 1.165) is 11.1 Å². The topological polar surface area (TPSA) is 74.7 Å². The van der Waals surface area contributed by atoms with E-state index >= 15 is 17.6 Å². The molecule has 4 aromatic rings. The summed E-state index contributed by atoms with van der Waals surface area (Å²) in [6.45, 7) is 2.81. The molecule has 9 nitrogen and oxygen atoms in total. The van der Waals surface area contributed by atoms with E-state index in [1.807, 2.05) is 43.3 Å². The van der Waals surface area contributed by atoms with Crippen molar-refractivity contribution in [3.8, 4) is 28.5 Å². The van der Waals surface area contributed by atoms with Gasteiger partial charge in [-0.15, -0.1) is 0 Å². The fourth-order valence-electron chi connectivity index (χ4n) is 6.12. The molecule has 0 fully saturated rings. The molecule has 274 valence electrons. The average Bonchev–Trinajstić information content (AvgIpc) is 3.25. The summed E-state index contributed by atoms with van der Waals surface area (Å²) in [6, 6.07) is 15.9. The van der Waals surface area contributed by atoms with Gasteiger partial charge in [-0.2, -0.15) is 13.2 Å². The maximum absolute atomic E-state index is 17.0. The summed E-state index contributed by atoms with van der Waals surface area (Å²) in [5.41, 5.74) is -0.625. The van der Waals surface area contributed by atoms with Crippen molar-refractivity contribution in [1.29, 1.82) is 0 Å². The Balaban J connectivity index is 1.54. The molecule has 15 heteroatoms. The molecule has 1 aromatic heterocycles. The maximum atomic E-state index is 17.0. The summed E-state index contributed by atoms with van der Waals surface area (Å²) in [7, 11) is 6.90. The van der Waals surface area contributed by atoms with Crippen molar-refractivity contribution in [3.63, 3.8) is 0 Å². The van der Waals surface area contributed by atoms with Crippen molar-refractivity contribution in [2.75, 3.05) is 58.3 Å². The van der Waals surface area contributed by atoms with Crippen LogP contribution in [0.25, 0.3) is 11.3 Å². The van der Waals surface area contributed by atoms with Crippen LogP contribution in [0.5, 0.6) is 17.2 Å². The number of hydrogen-bond donors (Lipinski definition) is 1. The first kappa shape index (κ1) is 37.1. The summed E-state index contributed by atoms with van der Waals surface area (Å²) in [6.07, 6.45) is -3.46. The lowest BCUT2D eigenvalue weighted by atomic mass is 9.96. The van der Waals surface area contributed by atoms with Gasteiger partial charge in [-0.3, -0.25) is 0 Å². The largest absolute Gasteiger partial charge is 0.497 e. The number of aliphatic imine (C=N–C) groups is 1. The molecule has 0 unspecified atom stereocenters. The number of aryl methyl sites for hydroxylation is 1. The van der Waals surface area contributed by atoms with Crippen LogP contribution in [0.1, 0.15) is 27.8 Å². The number of nitrogens with zero attached hydrogens (tertiary/aromatic N) is 5. The number of halogens is 6. The van der Waals surface area contributed by atoms with Crippen LogP contribution in [0.2, 0.25) is 5.02 Å². The zero-order chi connectivity index (χ0) is 37.3. The molecule has 0 spiro atoms. The van der Waals surface area contributed by atoms with Crippen LogP contribution in [0.4, 0.5) is 29.1 Å². The summed E-state index contributed by atoms with van der Waals surface area (Å²) in [5, 5.41) is 2.51. The van der Waals surface area contributed by atoms with Crippen molar-refractivity contribution in [3.05, 3.63) is 105 Å². The Morgan fingerprint density at radius 1 is 0.942 bits per heavy atom. The fourth-order valence-corrected chi connectivity index (χ4v) is 6.65. The molecule has 52 heavy (non-hydrogen) atoms. The highest BCUT2D eigenvalue weighted by Gasteiger charge is 2.41. The molecule has 2 aliphatic heterocycles. The van der Waals surface area contributed by atoms with Gasteiger partial charge in [0.05, 0.1) is 53.5 Å². The van der Waals surface area contributed by atoms with Crippen LogP contribution in [0.3, 0.4) is 0 Å². The smallest absolute Gasteiger partial charge is 0.418 e. The second-order valence-corrected chi connectivity index (χ2v) is 13.3. The van der Waals surface area contributed by atoms with Crippen molar-refractivity contribution >= 4 is 40.5 Å². The van der Waals surface area contributed by atoms with Gasteiger partial charge in [0.1, 0.15) is 29.8 Å². The van der Waals surface area contributed by atoms with Crippen molar-refractivity contribution in [2.24, 2.45) is 4.99 Å². The van der Waals surface area contributed by atoms with Crippen LogP contribution in [0, 0.1) is 12.7 Å². The molecular weight excluding hydrogens is 723 g/mol. The molecule has 0 amide bonds. The van der Waals surface area contributed by atoms with Gasteiger partial charge in [-0.1, -0.05) is 35.9 Å². The number of nitrogens with one attached hydrogen (secondary N) is 1. The monoisotopic (exact) mass is 758 g/mol. The quantitative estimate of drug-likeness (QED) is 0.153. The number of benzene rings is 3. The highest BCUT2D eigenvalue weighted by Crippen LogP contribution is 2.50. The lowest BCUT2D eigenvalue weighted by molar-refractivity contribution is -0.137. The van der Waals surface area contributed by atoms with E-state index < -0.39 is 34.6 Å². The molecule has 0 atom stereocenters. The third-order valence-corrected chi connectivity index (χ3v) is 9.23. The molecule has 0 aliphatic carbocycles.